The molecule has 3 rings (SSSR count). The zero-order valence-corrected chi connectivity index (χ0v) is 12.8. The van der Waals surface area contributed by atoms with Crippen molar-refractivity contribution in [2.75, 3.05) is 0 Å². The topological polar surface area (TPSA) is 17.8 Å². The Kier molecular flexibility index (Phi) is 4.05. The van der Waals surface area contributed by atoms with E-state index >= 15 is 0 Å². The highest BCUT2D eigenvalue weighted by molar-refractivity contribution is 5.31. The van der Waals surface area contributed by atoms with E-state index in [9.17, 15) is 4.39 Å². The van der Waals surface area contributed by atoms with Gasteiger partial charge < -0.3 is 4.57 Å². The van der Waals surface area contributed by atoms with Gasteiger partial charge in [0, 0.05) is 24.9 Å². The molecule has 0 fully saturated rings. The molecule has 2 nitrogen and oxygen atoms in total. The Balaban J connectivity index is 1.93. The molecule has 3 aromatic rings. The second kappa shape index (κ2) is 6.14. The van der Waals surface area contributed by atoms with Crippen LogP contribution < -0.4 is 0 Å². The Morgan fingerprint density at radius 3 is 2.64 bits per heavy atom. The fourth-order valence-corrected chi connectivity index (χ4v) is 2.76. The largest absolute Gasteiger partial charge is 0.330 e. The van der Waals surface area contributed by atoms with Crippen LogP contribution in [0.5, 0.6) is 0 Å². The van der Waals surface area contributed by atoms with E-state index in [0.717, 1.165) is 12.4 Å². The van der Waals surface area contributed by atoms with Gasteiger partial charge in [0.25, 0.3) is 0 Å². The van der Waals surface area contributed by atoms with Crippen molar-refractivity contribution in [2.45, 2.75) is 26.3 Å². The van der Waals surface area contributed by atoms with Crippen molar-refractivity contribution >= 4 is 0 Å². The summed E-state index contributed by atoms with van der Waals surface area (Å²) in [6.45, 7) is 4.54. The Hall–Kier alpha value is -2.42. The van der Waals surface area contributed by atoms with E-state index in [2.05, 4.69) is 21.7 Å². The van der Waals surface area contributed by atoms with Crippen molar-refractivity contribution < 1.29 is 4.39 Å². The van der Waals surface area contributed by atoms with Crippen LogP contribution in [0.15, 0.2) is 60.9 Å². The van der Waals surface area contributed by atoms with Gasteiger partial charge in [0.05, 0.1) is 0 Å². The van der Waals surface area contributed by atoms with Crippen molar-refractivity contribution in [1.29, 1.82) is 0 Å². The van der Waals surface area contributed by atoms with Gasteiger partial charge >= 0.3 is 0 Å². The molecule has 1 atom stereocenters. The minimum Gasteiger partial charge on any atom is -0.330 e. The zero-order chi connectivity index (χ0) is 15.5. The van der Waals surface area contributed by atoms with E-state index in [1.165, 1.54) is 5.56 Å². The van der Waals surface area contributed by atoms with E-state index in [0.29, 0.717) is 11.1 Å². The van der Waals surface area contributed by atoms with Gasteiger partial charge in [-0.15, -0.1) is 0 Å². The van der Waals surface area contributed by atoms with Crippen LogP contribution in [0.2, 0.25) is 0 Å². The van der Waals surface area contributed by atoms with Gasteiger partial charge in [-0.3, -0.25) is 0 Å². The van der Waals surface area contributed by atoms with Crippen molar-refractivity contribution in [1.82, 2.24) is 9.55 Å². The van der Waals surface area contributed by atoms with E-state index in [4.69, 9.17) is 0 Å². The van der Waals surface area contributed by atoms with Crippen LogP contribution in [-0.4, -0.2) is 9.55 Å². The van der Waals surface area contributed by atoms with Gasteiger partial charge in [-0.1, -0.05) is 55.5 Å². The molecule has 1 aromatic heterocycles. The van der Waals surface area contributed by atoms with E-state index in [1.807, 2.05) is 43.5 Å². The summed E-state index contributed by atoms with van der Waals surface area (Å²) in [7, 11) is 0. The molecule has 22 heavy (non-hydrogen) atoms. The van der Waals surface area contributed by atoms with Crippen LogP contribution >= 0.6 is 0 Å². The number of nitrogens with zero attached hydrogens (tertiary/aromatic N) is 2. The number of imidazole rings is 1. The molecule has 0 amide bonds. The number of aromatic nitrogens is 2. The predicted octanol–water partition coefficient (Wildman–Crippen LogP) is 4.53. The van der Waals surface area contributed by atoms with Crippen molar-refractivity contribution in [3.8, 4) is 0 Å². The summed E-state index contributed by atoms with van der Waals surface area (Å²) >= 11 is 0. The van der Waals surface area contributed by atoms with Crippen molar-refractivity contribution in [3.63, 3.8) is 0 Å². The van der Waals surface area contributed by atoms with Crippen LogP contribution in [0.3, 0.4) is 0 Å². The lowest BCUT2D eigenvalue weighted by Crippen LogP contribution is -2.10. The van der Waals surface area contributed by atoms with Gasteiger partial charge in [0.2, 0.25) is 0 Å². The normalized spacial score (nSPS) is 12.3. The number of halogens is 1. The average Bonchev–Trinajstić information content (AvgIpc) is 2.98. The molecule has 1 unspecified atom stereocenters. The zero-order valence-electron chi connectivity index (χ0n) is 12.8. The maximum Gasteiger partial charge on any atom is 0.130 e. The third kappa shape index (κ3) is 2.80. The number of aryl methyl sites for hydroxylation is 1. The number of hydrogen-bond donors (Lipinski definition) is 0. The molecular formula is C19H19FN2. The molecule has 112 valence electrons. The third-order valence-electron chi connectivity index (χ3n) is 4.02. The van der Waals surface area contributed by atoms with Crippen molar-refractivity contribution in [3.05, 3.63) is 89.3 Å². The highest BCUT2D eigenvalue weighted by Gasteiger charge is 2.18. The lowest BCUT2D eigenvalue weighted by Gasteiger charge is -2.16. The molecule has 2 aromatic carbocycles. The molecule has 0 aliphatic rings. The summed E-state index contributed by atoms with van der Waals surface area (Å²) < 4.78 is 16.5. The van der Waals surface area contributed by atoms with Crippen LogP contribution in [0.25, 0.3) is 0 Å². The second-order valence-corrected chi connectivity index (χ2v) is 5.60. The minimum absolute atomic E-state index is 0.0846. The van der Waals surface area contributed by atoms with Gasteiger partial charge in [0.15, 0.2) is 0 Å². The monoisotopic (exact) mass is 294 g/mol. The Bertz CT molecular complexity index is 762. The molecule has 0 radical (unpaired) electrons. The summed E-state index contributed by atoms with van der Waals surface area (Å²) in [6, 6.07) is 15.8. The Morgan fingerprint density at radius 1 is 1.09 bits per heavy atom. The molecule has 0 spiro atoms. The summed E-state index contributed by atoms with van der Waals surface area (Å²) in [5.74, 6) is 0.663. The minimum atomic E-state index is -0.135. The van der Waals surface area contributed by atoms with Crippen LogP contribution in [-0.2, 0) is 6.54 Å². The first kappa shape index (κ1) is 14.5. The molecule has 1 heterocycles. The molecule has 0 N–H and O–H groups in total. The summed E-state index contributed by atoms with van der Waals surface area (Å²) in [6.07, 6.45) is 3.73. The molecule has 0 bridgehead atoms. The number of rotatable bonds is 4. The van der Waals surface area contributed by atoms with Crippen LogP contribution in [0.1, 0.15) is 35.4 Å². The molecular weight excluding hydrogens is 275 g/mol. The lowest BCUT2D eigenvalue weighted by atomic mass is 9.97. The fraction of sp³-hybridized carbons (Fsp3) is 0.211. The number of benzene rings is 2. The fourth-order valence-electron chi connectivity index (χ4n) is 2.76. The summed E-state index contributed by atoms with van der Waals surface area (Å²) in [5.41, 5.74) is 2.57. The Morgan fingerprint density at radius 2 is 1.86 bits per heavy atom. The first-order valence-electron chi connectivity index (χ1n) is 7.47. The SMILES string of the molecule is Cc1cccc(C(C)c2nccn2Cc2ccccc2)c1F. The van der Waals surface area contributed by atoms with Gasteiger partial charge in [0.1, 0.15) is 11.6 Å². The van der Waals surface area contributed by atoms with E-state index in [1.54, 1.807) is 19.2 Å². The summed E-state index contributed by atoms with van der Waals surface area (Å²) in [5, 5.41) is 0. The van der Waals surface area contributed by atoms with Crippen LogP contribution in [0.4, 0.5) is 4.39 Å². The molecule has 3 heteroatoms. The highest BCUT2D eigenvalue weighted by Crippen LogP contribution is 2.27. The van der Waals surface area contributed by atoms with Gasteiger partial charge in [-0.25, -0.2) is 9.37 Å². The first-order chi connectivity index (χ1) is 10.7. The Labute approximate surface area is 130 Å². The second-order valence-electron chi connectivity index (χ2n) is 5.60. The van der Waals surface area contributed by atoms with Gasteiger partial charge in [-0.2, -0.15) is 0 Å². The third-order valence-corrected chi connectivity index (χ3v) is 4.02. The highest BCUT2D eigenvalue weighted by atomic mass is 19.1. The maximum absolute atomic E-state index is 14.4. The lowest BCUT2D eigenvalue weighted by molar-refractivity contribution is 0.582. The number of hydrogen-bond acceptors (Lipinski definition) is 1. The first-order valence-corrected chi connectivity index (χ1v) is 7.47. The summed E-state index contributed by atoms with van der Waals surface area (Å²) in [4.78, 5) is 4.46. The van der Waals surface area contributed by atoms with E-state index < -0.39 is 0 Å². The van der Waals surface area contributed by atoms with Crippen LogP contribution in [0, 0.1) is 12.7 Å². The molecule has 0 aliphatic carbocycles. The smallest absolute Gasteiger partial charge is 0.130 e. The molecule has 0 saturated carbocycles. The maximum atomic E-state index is 14.4. The predicted molar refractivity (Wildman–Crippen MR) is 86.4 cm³/mol. The van der Waals surface area contributed by atoms with Crippen molar-refractivity contribution in [2.24, 2.45) is 0 Å². The molecule has 0 aliphatic heterocycles. The average molecular weight is 294 g/mol. The standard InChI is InChI=1S/C19H19FN2/c1-14-7-6-10-17(18(14)20)15(2)19-21-11-12-22(19)13-16-8-4-3-5-9-16/h3-12,15H,13H2,1-2H3. The quantitative estimate of drug-likeness (QED) is 0.691. The van der Waals surface area contributed by atoms with Gasteiger partial charge in [-0.05, 0) is 23.6 Å². The van der Waals surface area contributed by atoms with E-state index in [-0.39, 0.29) is 11.7 Å². The molecule has 0 saturated heterocycles.